The van der Waals surface area contributed by atoms with Crippen LogP contribution in [0.3, 0.4) is 0 Å². The topological polar surface area (TPSA) is 40.5 Å². The number of allylic oxidation sites excluding steroid dienone is 1. The number of hydrogen-bond donors (Lipinski definition) is 1. The number of carbonyl (C=O) groups excluding carboxylic acids is 1. The van der Waals surface area contributed by atoms with E-state index in [1.54, 1.807) is 7.05 Å². The summed E-state index contributed by atoms with van der Waals surface area (Å²) in [5, 5.41) is 9.14. The average molecular weight is 435 g/mol. The number of amides is 1. The van der Waals surface area contributed by atoms with Crippen molar-refractivity contribution < 1.29 is 47.0 Å². The number of halogens is 2. The Morgan fingerprint density at radius 1 is 1.56 bits per heavy atom. The van der Waals surface area contributed by atoms with Crippen LogP contribution >= 0.6 is 22.6 Å². The largest absolute Gasteiger partial charge is 0.508 e. The zero-order valence-electron chi connectivity index (χ0n) is 9.65. The number of rotatable bonds is 1. The van der Waals surface area contributed by atoms with Crippen molar-refractivity contribution in [1.29, 1.82) is 0 Å². The van der Waals surface area contributed by atoms with Crippen molar-refractivity contribution in [1.82, 2.24) is 4.90 Å². The summed E-state index contributed by atoms with van der Waals surface area (Å²) >= 11 is 2.04. The van der Waals surface area contributed by atoms with Gasteiger partial charge in [-0.05, 0) is 12.1 Å². The zero-order chi connectivity index (χ0) is 12.6. The number of phenolic OH excluding ortho intramolecular Hbond substituents is 1. The molecule has 0 spiro atoms. The fraction of sp³-hybridized carbons (Fsp3) is 0.250. The molecule has 0 bridgehead atoms. The van der Waals surface area contributed by atoms with Gasteiger partial charge in [0.05, 0.1) is 9.74 Å². The van der Waals surface area contributed by atoms with Crippen molar-refractivity contribution in [2.45, 2.75) is 10.3 Å². The smallest absolute Gasteiger partial charge is 0.235 e. The standard InChI is InChI=1S/C12H10FINO2.Y/c1-15-11(5-4-10(14)12(15)17)8-3-2-7(16)6-9(8)13;/h2-3,6,10,16H,4H2,1H3;/q-1;. The van der Waals surface area contributed by atoms with E-state index in [4.69, 9.17) is 5.11 Å². The Labute approximate surface area is 143 Å². The van der Waals surface area contributed by atoms with E-state index in [-0.39, 0.29) is 53.9 Å². The summed E-state index contributed by atoms with van der Waals surface area (Å²) in [7, 11) is 1.60. The minimum atomic E-state index is -0.556. The fourth-order valence-electron chi connectivity index (χ4n) is 1.68. The summed E-state index contributed by atoms with van der Waals surface area (Å²) in [6.45, 7) is 0. The van der Waals surface area contributed by atoms with E-state index in [2.05, 4.69) is 6.08 Å². The van der Waals surface area contributed by atoms with Gasteiger partial charge in [-0.3, -0.25) is 4.79 Å². The van der Waals surface area contributed by atoms with Crippen LogP contribution in [-0.4, -0.2) is 26.9 Å². The Bertz CT molecular complexity index is 507. The molecule has 1 heterocycles. The molecule has 0 saturated carbocycles. The molecule has 6 heteroatoms. The monoisotopic (exact) mass is 435 g/mol. The second-order valence-electron chi connectivity index (χ2n) is 3.76. The van der Waals surface area contributed by atoms with E-state index in [1.165, 1.54) is 17.0 Å². The van der Waals surface area contributed by atoms with Gasteiger partial charge in [-0.2, -0.15) is 0 Å². The molecule has 1 aromatic carbocycles. The first-order valence-electron chi connectivity index (χ1n) is 5.02. The molecule has 1 aromatic rings. The van der Waals surface area contributed by atoms with Crippen molar-refractivity contribution >= 4 is 34.2 Å². The van der Waals surface area contributed by atoms with Gasteiger partial charge in [0.25, 0.3) is 0 Å². The van der Waals surface area contributed by atoms with Crippen molar-refractivity contribution in [3.63, 3.8) is 0 Å². The molecule has 0 aromatic heterocycles. The van der Waals surface area contributed by atoms with Gasteiger partial charge in [0.1, 0.15) is 5.75 Å². The predicted octanol–water partition coefficient (Wildman–Crippen LogP) is 2.34. The average Bonchev–Trinajstić information content (AvgIpc) is 2.28. The minimum absolute atomic E-state index is 0. The minimum Gasteiger partial charge on any atom is -0.508 e. The Morgan fingerprint density at radius 2 is 2.22 bits per heavy atom. The van der Waals surface area contributed by atoms with E-state index in [9.17, 15) is 9.18 Å². The summed E-state index contributed by atoms with van der Waals surface area (Å²) in [4.78, 5) is 13.2. The maximum atomic E-state index is 13.7. The molecule has 1 aliphatic heterocycles. The first-order chi connectivity index (χ1) is 8.00. The van der Waals surface area contributed by atoms with E-state index >= 15 is 0 Å². The zero-order valence-corrected chi connectivity index (χ0v) is 14.6. The van der Waals surface area contributed by atoms with Gasteiger partial charge in [0, 0.05) is 39.8 Å². The molecule has 1 amide bonds. The molecule has 2 rings (SSSR count). The van der Waals surface area contributed by atoms with E-state index in [0.29, 0.717) is 12.1 Å². The number of aromatic hydroxyl groups is 1. The van der Waals surface area contributed by atoms with Gasteiger partial charge in [-0.25, -0.2) is 10.5 Å². The van der Waals surface area contributed by atoms with Crippen LogP contribution in [-0.2, 0) is 37.5 Å². The maximum absolute atomic E-state index is 13.7. The van der Waals surface area contributed by atoms with Crippen LogP contribution in [0, 0.1) is 11.9 Å². The number of benzene rings is 1. The summed E-state index contributed by atoms with van der Waals surface area (Å²) in [6.07, 6.45) is 3.49. The Hall–Kier alpha value is -0.00610. The predicted molar refractivity (Wildman–Crippen MR) is 69.9 cm³/mol. The fourth-order valence-corrected chi connectivity index (χ4v) is 2.32. The van der Waals surface area contributed by atoms with E-state index < -0.39 is 5.82 Å². The van der Waals surface area contributed by atoms with Gasteiger partial charge >= 0.3 is 0 Å². The number of carbonyl (C=O) groups is 1. The molecule has 1 radical (unpaired) electrons. The van der Waals surface area contributed by atoms with Crippen LogP contribution in [0.4, 0.5) is 4.39 Å². The van der Waals surface area contributed by atoms with Crippen LogP contribution in [0.2, 0.25) is 0 Å². The van der Waals surface area contributed by atoms with Crippen LogP contribution in [0.15, 0.2) is 18.2 Å². The van der Waals surface area contributed by atoms with Crippen molar-refractivity contribution in [3.8, 4) is 5.75 Å². The van der Waals surface area contributed by atoms with Crippen molar-refractivity contribution in [2.75, 3.05) is 7.05 Å². The third-order valence-electron chi connectivity index (χ3n) is 2.59. The van der Waals surface area contributed by atoms with Crippen LogP contribution in [0.1, 0.15) is 12.0 Å². The SMILES string of the molecule is CN1C(=O)C(I)C[C-]=C1c1ccc(O)cc1F.[Y]. The first kappa shape index (κ1) is 16.0. The summed E-state index contributed by atoms with van der Waals surface area (Å²) < 4.78 is 13.5. The van der Waals surface area contributed by atoms with Gasteiger partial charge in [-0.1, -0.05) is 29.0 Å². The molecule has 1 N–H and O–H groups in total. The molecule has 0 fully saturated rings. The molecule has 1 unspecified atom stereocenters. The summed E-state index contributed by atoms with van der Waals surface area (Å²) in [6, 6.07) is 3.87. The molecule has 3 nitrogen and oxygen atoms in total. The Kier molecular flexibility index (Phi) is 5.74. The number of nitrogens with zero attached hydrogens (tertiary/aromatic N) is 1. The number of hydrogen-bond acceptors (Lipinski definition) is 2. The molecule has 0 aliphatic carbocycles. The van der Waals surface area contributed by atoms with Gasteiger partial charge < -0.3 is 10.0 Å². The third kappa shape index (κ3) is 3.11. The normalized spacial score (nSPS) is 19.3. The molecular formula is C12H10FINO2Y-. The van der Waals surface area contributed by atoms with Gasteiger partial charge in [0.15, 0.2) is 0 Å². The Morgan fingerprint density at radius 3 is 2.83 bits per heavy atom. The van der Waals surface area contributed by atoms with E-state index in [0.717, 1.165) is 6.07 Å². The maximum Gasteiger partial charge on any atom is 0.235 e. The molecule has 1 aliphatic rings. The second-order valence-corrected chi connectivity index (χ2v) is 5.26. The van der Waals surface area contributed by atoms with Crippen LogP contribution in [0.5, 0.6) is 5.75 Å². The van der Waals surface area contributed by atoms with E-state index in [1.807, 2.05) is 22.6 Å². The van der Waals surface area contributed by atoms with Crippen LogP contribution in [0.25, 0.3) is 5.70 Å². The molecule has 1 atom stereocenters. The summed E-state index contributed by atoms with van der Waals surface area (Å²) in [5.41, 5.74) is 0.711. The number of alkyl halides is 1. The second kappa shape index (κ2) is 6.43. The van der Waals surface area contributed by atoms with Crippen molar-refractivity contribution in [2.24, 2.45) is 0 Å². The number of phenols is 1. The van der Waals surface area contributed by atoms with Crippen LogP contribution < -0.4 is 0 Å². The molecule has 93 valence electrons. The molecule has 18 heavy (non-hydrogen) atoms. The quantitative estimate of drug-likeness (QED) is 0.418. The van der Waals surface area contributed by atoms with Crippen molar-refractivity contribution in [3.05, 3.63) is 35.7 Å². The van der Waals surface area contributed by atoms with Gasteiger partial charge in [0.2, 0.25) is 5.91 Å². The third-order valence-corrected chi connectivity index (χ3v) is 3.56. The first-order valence-corrected chi connectivity index (χ1v) is 6.26. The molecular weight excluding hydrogens is 425 g/mol. The van der Waals surface area contributed by atoms with Gasteiger partial charge in [-0.15, -0.1) is 17.3 Å². The summed E-state index contributed by atoms with van der Waals surface area (Å²) in [5.74, 6) is -0.755. The molecule has 0 saturated heterocycles. The Balaban J connectivity index is 0.00000162.